The van der Waals surface area contributed by atoms with Crippen LogP contribution in [0.1, 0.15) is 6.42 Å². The van der Waals surface area contributed by atoms with E-state index in [-0.39, 0.29) is 30.5 Å². The Hall–Kier alpha value is -1.31. The number of carboxylic acids is 1. The van der Waals surface area contributed by atoms with Crippen LogP contribution in [0, 0.1) is 5.92 Å². The monoisotopic (exact) mass is 263 g/mol. The van der Waals surface area contributed by atoms with Crippen molar-refractivity contribution in [1.29, 1.82) is 0 Å². The largest absolute Gasteiger partial charge is 0.478 e. The van der Waals surface area contributed by atoms with E-state index in [1.54, 1.807) is 0 Å². The summed E-state index contributed by atoms with van der Waals surface area (Å²) >= 11 is 0. The first-order chi connectivity index (χ1) is 7.87. The molecule has 1 N–H and O–H groups in total. The van der Waals surface area contributed by atoms with Crippen LogP contribution in [0.15, 0.2) is 0 Å². The zero-order chi connectivity index (χ0) is 12.6. The van der Waals surface area contributed by atoms with E-state index >= 15 is 0 Å². The maximum absolute atomic E-state index is 11.3. The maximum Gasteiger partial charge on any atom is 0.410 e. The van der Waals surface area contributed by atoms with Crippen LogP contribution in [-0.4, -0.2) is 61.2 Å². The lowest BCUT2D eigenvalue weighted by molar-refractivity contribution is -0.144. The highest BCUT2D eigenvalue weighted by Crippen LogP contribution is 2.22. The normalized spacial score (nSPS) is 31.5. The van der Waals surface area contributed by atoms with Crippen LogP contribution < -0.4 is 0 Å². The Labute approximate surface area is 98.3 Å². The highest BCUT2D eigenvalue weighted by atomic mass is 32.2. The highest BCUT2D eigenvalue weighted by Gasteiger charge is 2.38. The van der Waals surface area contributed by atoms with E-state index in [1.165, 1.54) is 4.90 Å². The molecule has 8 heteroatoms. The van der Waals surface area contributed by atoms with Gasteiger partial charge in [-0.15, -0.1) is 0 Å². The molecule has 0 aliphatic carbocycles. The maximum atomic E-state index is 11.3. The molecule has 1 unspecified atom stereocenters. The van der Waals surface area contributed by atoms with Crippen molar-refractivity contribution >= 4 is 21.9 Å². The summed E-state index contributed by atoms with van der Waals surface area (Å²) in [6.45, 7) is 0.243. The Morgan fingerprint density at radius 2 is 2.24 bits per heavy atom. The number of carbonyl (C=O) groups excluding carboxylic acids is 1. The first kappa shape index (κ1) is 12.2. The van der Waals surface area contributed by atoms with Crippen molar-refractivity contribution in [2.24, 2.45) is 5.92 Å². The van der Waals surface area contributed by atoms with Crippen molar-refractivity contribution in [3.63, 3.8) is 0 Å². The molecule has 0 radical (unpaired) electrons. The molecule has 2 aliphatic heterocycles. The summed E-state index contributed by atoms with van der Waals surface area (Å²) in [7, 11) is -2.98. The van der Waals surface area contributed by atoms with E-state index in [9.17, 15) is 18.0 Å². The van der Waals surface area contributed by atoms with Crippen molar-refractivity contribution < 1.29 is 27.9 Å². The summed E-state index contributed by atoms with van der Waals surface area (Å²) in [6.07, 6.45) is -1.30. The van der Waals surface area contributed by atoms with E-state index in [4.69, 9.17) is 5.11 Å². The Balaban J connectivity index is 1.93. The van der Waals surface area contributed by atoms with Crippen molar-refractivity contribution in [2.45, 2.75) is 12.5 Å². The number of nitrogens with zero attached hydrogens (tertiary/aromatic N) is 1. The first-order valence-corrected chi connectivity index (χ1v) is 7.08. The van der Waals surface area contributed by atoms with Crippen molar-refractivity contribution in [3.05, 3.63) is 0 Å². The Bertz CT molecular complexity index is 444. The van der Waals surface area contributed by atoms with Gasteiger partial charge < -0.3 is 14.7 Å². The molecule has 0 spiro atoms. The summed E-state index contributed by atoms with van der Waals surface area (Å²) < 4.78 is 27.1. The lowest BCUT2D eigenvalue weighted by Gasteiger charge is -2.16. The molecule has 0 saturated carbocycles. The Kier molecular flexibility index (Phi) is 2.98. The summed E-state index contributed by atoms with van der Waals surface area (Å²) in [5.74, 6) is -1.09. The molecule has 7 nitrogen and oxygen atoms in total. The quantitative estimate of drug-likeness (QED) is 0.724. The molecule has 0 aromatic carbocycles. The van der Waals surface area contributed by atoms with Gasteiger partial charge in [0.1, 0.15) is 0 Å². The summed E-state index contributed by atoms with van der Waals surface area (Å²) in [5, 5.41) is 8.69. The van der Waals surface area contributed by atoms with Crippen LogP contribution in [0.5, 0.6) is 0 Å². The smallest absolute Gasteiger partial charge is 0.410 e. The van der Waals surface area contributed by atoms with Gasteiger partial charge in [0, 0.05) is 6.54 Å². The number of sulfone groups is 1. The molecule has 2 atom stereocenters. The van der Waals surface area contributed by atoms with Gasteiger partial charge in [0.15, 0.2) is 9.84 Å². The number of rotatable bonds is 3. The molecule has 0 bridgehead atoms. The second-order valence-corrected chi connectivity index (χ2v) is 6.61. The van der Waals surface area contributed by atoms with Crippen LogP contribution >= 0.6 is 0 Å². The molecule has 2 heterocycles. The average Bonchev–Trinajstić information content (AvgIpc) is 2.72. The van der Waals surface area contributed by atoms with Gasteiger partial charge in [-0.25, -0.2) is 18.0 Å². The minimum Gasteiger partial charge on any atom is -0.478 e. The molecular formula is C9H13NO6S. The Morgan fingerprint density at radius 1 is 1.53 bits per heavy atom. The summed E-state index contributed by atoms with van der Waals surface area (Å²) in [6, 6.07) is 0. The van der Waals surface area contributed by atoms with Crippen molar-refractivity contribution in [2.75, 3.05) is 24.6 Å². The van der Waals surface area contributed by atoms with Gasteiger partial charge >= 0.3 is 12.1 Å². The third kappa shape index (κ3) is 2.68. The second-order valence-electron chi connectivity index (χ2n) is 4.38. The zero-order valence-corrected chi connectivity index (χ0v) is 9.85. The number of carbonyl (C=O) groups is 2. The van der Waals surface area contributed by atoms with E-state index in [0.717, 1.165) is 0 Å². The number of carboxylic acid groups (broad SMARTS) is 1. The van der Waals surface area contributed by atoms with Crippen LogP contribution in [0.2, 0.25) is 0 Å². The van der Waals surface area contributed by atoms with Gasteiger partial charge in [-0.2, -0.15) is 0 Å². The first-order valence-electron chi connectivity index (χ1n) is 5.26. The molecule has 0 aromatic heterocycles. The lowest BCUT2D eigenvalue weighted by Crippen LogP contribution is -2.32. The van der Waals surface area contributed by atoms with Gasteiger partial charge in [-0.3, -0.25) is 0 Å². The van der Waals surface area contributed by atoms with E-state index in [1.807, 2.05) is 0 Å². The number of hydrogen-bond donors (Lipinski definition) is 1. The van der Waals surface area contributed by atoms with Gasteiger partial charge in [0.2, 0.25) is 6.10 Å². The minimum atomic E-state index is -2.98. The third-order valence-electron chi connectivity index (χ3n) is 2.97. The molecule has 1 amide bonds. The fourth-order valence-electron chi connectivity index (χ4n) is 2.11. The average molecular weight is 263 g/mol. The van der Waals surface area contributed by atoms with E-state index in [2.05, 4.69) is 4.74 Å². The predicted octanol–water partition coefficient (Wildman–Crippen LogP) is -0.674. The van der Waals surface area contributed by atoms with Crippen molar-refractivity contribution in [3.8, 4) is 0 Å². The lowest BCUT2D eigenvalue weighted by atomic mass is 10.1. The molecule has 17 heavy (non-hydrogen) atoms. The summed E-state index contributed by atoms with van der Waals surface area (Å²) in [5.41, 5.74) is 0. The number of aliphatic carboxylic acids is 1. The second kappa shape index (κ2) is 4.17. The SMILES string of the molecule is O=C(O)[C@H]1CN(CC2CCS(=O)(=O)C2)C(=O)O1. The van der Waals surface area contributed by atoms with E-state index < -0.39 is 28.0 Å². The number of hydrogen-bond acceptors (Lipinski definition) is 5. The van der Waals surface area contributed by atoms with Gasteiger partial charge in [-0.1, -0.05) is 0 Å². The third-order valence-corrected chi connectivity index (χ3v) is 4.81. The molecular weight excluding hydrogens is 250 g/mol. The van der Waals surface area contributed by atoms with Crippen LogP contribution in [0.3, 0.4) is 0 Å². The molecule has 2 rings (SSSR count). The molecule has 2 aliphatic rings. The fourth-order valence-corrected chi connectivity index (χ4v) is 3.96. The molecule has 96 valence electrons. The minimum absolute atomic E-state index is 0.00921. The van der Waals surface area contributed by atoms with Gasteiger partial charge in [-0.05, 0) is 12.3 Å². The molecule has 2 fully saturated rings. The number of ether oxygens (including phenoxy) is 1. The fraction of sp³-hybridized carbons (Fsp3) is 0.778. The zero-order valence-electron chi connectivity index (χ0n) is 9.03. The van der Waals surface area contributed by atoms with Crippen LogP contribution in [-0.2, 0) is 19.4 Å². The van der Waals surface area contributed by atoms with Gasteiger partial charge in [0.25, 0.3) is 0 Å². The summed E-state index contributed by atoms with van der Waals surface area (Å²) in [4.78, 5) is 23.2. The highest BCUT2D eigenvalue weighted by molar-refractivity contribution is 7.91. The number of amides is 1. The number of cyclic esters (lactones) is 1. The molecule has 2 saturated heterocycles. The molecule has 0 aromatic rings. The standard InChI is InChI=1S/C9H13NO6S/c11-8(12)7-4-10(9(13)16-7)3-6-1-2-17(14,15)5-6/h6-7H,1-5H2,(H,11,12)/t6?,7-/m1/s1. The van der Waals surface area contributed by atoms with Crippen LogP contribution in [0.4, 0.5) is 4.79 Å². The van der Waals surface area contributed by atoms with Crippen LogP contribution in [0.25, 0.3) is 0 Å². The topological polar surface area (TPSA) is 101 Å². The Morgan fingerprint density at radius 3 is 2.71 bits per heavy atom. The van der Waals surface area contributed by atoms with Gasteiger partial charge in [0.05, 0.1) is 18.1 Å². The van der Waals surface area contributed by atoms with E-state index in [0.29, 0.717) is 6.42 Å². The van der Waals surface area contributed by atoms with Crippen molar-refractivity contribution in [1.82, 2.24) is 4.90 Å². The predicted molar refractivity (Wildman–Crippen MR) is 56.2 cm³/mol.